The van der Waals surface area contributed by atoms with Crippen molar-refractivity contribution in [2.75, 3.05) is 6.54 Å². The van der Waals surface area contributed by atoms with Crippen LogP contribution in [0, 0.1) is 11.7 Å². The van der Waals surface area contributed by atoms with Crippen molar-refractivity contribution in [1.82, 2.24) is 5.32 Å². The summed E-state index contributed by atoms with van der Waals surface area (Å²) in [5.74, 6) is 0.249. The largest absolute Gasteiger partial charge is 0.352 e. The van der Waals surface area contributed by atoms with Crippen molar-refractivity contribution in [3.05, 3.63) is 34.1 Å². The van der Waals surface area contributed by atoms with Crippen molar-refractivity contribution in [3.63, 3.8) is 0 Å². The molecule has 1 aliphatic carbocycles. The standard InChI is InChI=1S/C15H19BrFNO/c16-13-8-7-12(10-14(13)17)15(19)18-9-3-6-11-4-1-2-5-11/h7-8,10-11H,1-6,9H2,(H,18,19). The van der Waals surface area contributed by atoms with Crippen molar-refractivity contribution in [3.8, 4) is 0 Å². The summed E-state index contributed by atoms with van der Waals surface area (Å²) < 4.78 is 13.7. The third-order valence-electron chi connectivity index (χ3n) is 3.73. The maximum Gasteiger partial charge on any atom is 0.251 e. The van der Waals surface area contributed by atoms with Gasteiger partial charge in [-0.15, -0.1) is 0 Å². The van der Waals surface area contributed by atoms with E-state index < -0.39 is 5.82 Å². The Morgan fingerprint density at radius 1 is 1.37 bits per heavy atom. The van der Waals surface area contributed by atoms with E-state index in [4.69, 9.17) is 0 Å². The smallest absolute Gasteiger partial charge is 0.251 e. The molecule has 0 aromatic heterocycles. The van der Waals surface area contributed by atoms with Gasteiger partial charge in [-0.05, 0) is 52.9 Å². The second-order valence-electron chi connectivity index (χ2n) is 5.18. The van der Waals surface area contributed by atoms with E-state index in [9.17, 15) is 9.18 Å². The van der Waals surface area contributed by atoms with Gasteiger partial charge in [-0.2, -0.15) is 0 Å². The second kappa shape index (κ2) is 7.04. The highest BCUT2D eigenvalue weighted by molar-refractivity contribution is 9.10. The van der Waals surface area contributed by atoms with Gasteiger partial charge >= 0.3 is 0 Å². The van der Waals surface area contributed by atoms with Crippen LogP contribution < -0.4 is 5.32 Å². The van der Waals surface area contributed by atoms with Gasteiger partial charge in [0.1, 0.15) is 5.82 Å². The first kappa shape index (κ1) is 14.5. The number of benzene rings is 1. The molecule has 104 valence electrons. The van der Waals surface area contributed by atoms with Crippen LogP contribution in [0.15, 0.2) is 22.7 Å². The van der Waals surface area contributed by atoms with Crippen molar-refractivity contribution < 1.29 is 9.18 Å². The maximum atomic E-state index is 13.3. The molecule has 0 atom stereocenters. The predicted molar refractivity (Wildman–Crippen MR) is 77.6 cm³/mol. The maximum absolute atomic E-state index is 13.3. The van der Waals surface area contributed by atoms with Gasteiger partial charge in [-0.25, -0.2) is 4.39 Å². The molecule has 4 heteroatoms. The molecule has 1 N–H and O–H groups in total. The number of amides is 1. The summed E-state index contributed by atoms with van der Waals surface area (Å²) in [5.41, 5.74) is 0.376. The molecule has 2 nitrogen and oxygen atoms in total. The molecule has 1 fully saturated rings. The normalized spacial score (nSPS) is 15.7. The quantitative estimate of drug-likeness (QED) is 0.803. The minimum atomic E-state index is -0.404. The fourth-order valence-corrected chi connectivity index (χ4v) is 2.88. The summed E-state index contributed by atoms with van der Waals surface area (Å²) in [4.78, 5) is 11.8. The first-order valence-electron chi connectivity index (χ1n) is 6.90. The Morgan fingerprint density at radius 2 is 2.11 bits per heavy atom. The van der Waals surface area contributed by atoms with Crippen LogP contribution in [0.3, 0.4) is 0 Å². The molecule has 1 aromatic carbocycles. The molecule has 2 rings (SSSR count). The second-order valence-corrected chi connectivity index (χ2v) is 6.03. The molecule has 0 unspecified atom stereocenters. The van der Waals surface area contributed by atoms with Crippen LogP contribution in [0.25, 0.3) is 0 Å². The lowest BCUT2D eigenvalue weighted by Crippen LogP contribution is -2.24. The highest BCUT2D eigenvalue weighted by Gasteiger charge is 2.14. The zero-order chi connectivity index (χ0) is 13.7. The van der Waals surface area contributed by atoms with Crippen molar-refractivity contribution >= 4 is 21.8 Å². The van der Waals surface area contributed by atoms with Crippen LogP contribution in [0.4, 0.5) is 4.39 Å². The van der Waals surface area contributed by atoms with E-state index in [0.29, 0.717) is 16.6 Å². The van der Waals surface area contributed by atoms with Crippen LogP contribution in [-0.2, 0) is 0 Å². The number of carbonyl (C=O) groups excluding carboxylic acids is 1. The number of hydrogen-bond donors (Lipinski definition) is 1. The Kier molecular flexibility index (Phi) is 5.37. The van der Waals surface area contributed by atoms with E-state index >= 15 is 0 Å². The van der Waals surface area contributed by atoms with Crippen molar-refractivity contribution in [2.24, 2.45) is 5.92 Å². The van der Waals surface area contributed by atoms with E-state index in [-0.39, 0.29) is 5.91 Å². The van der Waals surface area contributed by atoms with Crippen molar-refractivity contribution in [2.45, 2.75) is 38.5 Å². The Hall–Kier alpha value is -0.900. The van der Waals surface area contributed by atoms with E-state index in [1.54, 1.807) is 12.1 Å². The Labute approximate surface area is 121 Å². The summed E-state index contributed by atoms with van der Waals surface area (Å²) in [7, 11) is 0. The summed E-state index contributed by atoms with van der Waals surface area (Å²) in [6, 6.07) is 4.44. The lowest BCUT2D eigenvalue weighted by atomic mass is 10.0. The number of hydrogen-bond acceptors (Lipinski definition) is 1. The lowest BCUT2D eigenvalue weighted by molar-refractivity contribution is 0.0952. The van der Waals surface area contributed by atoms with Crippen LogP contribution >= 0.6 is 15.9 Å². The highest BCUT2D eigenvalue weighted by Crippen LogP contribution is 2.28. The lowest BCUT2D eigenvalue weighted by Gasteiger charge is -2.09. The third kappa shape index (κ3) is 4.30. The summed E-state index contributed by atoms with van der Waals surface area (Å²) in [6.45, 7) is 0.674. The summed E-state index contributed by atoms with van der Waals surface area (Å²) in [5, 5.41) is 2.85. The van der Waals surface area contributed by atoms with Gasteiger partial charge in [-0.1, -0.05) is 25.7 Å². The van der Waals surface area contributed by atoms with Crippen LogP contribution in [-0.4, -0.2) is 12.5 Å². The zero-order valence-electron chi connectivity index (χ0n) is 10.9. The van der Waals surface area contributed by atoms with E-state index in [2.05, 4.69) is 21.2 Å². The topological polar surface area (TPSA) is 29.1 Å². The first-order chi connectivity index (χ1) is 9.16. The van der Waals surface area contributed by atoms with Crippen LogP contribution in [0.1, 0.15) is 48.9 Å². The van der Waals surface area contributed by atoms with Crippen LogP contribution in [0.5, 0.6) is 0 Å². The monoisotopic (exact) mass is 327 g/mol. The molecule has 1 amide bonds. The third-order valence-corrected chi connectivity index (χ3v) is 4.37. The molecule has 0 heterocycles. The van der Waals surface area contributed by atoms with Gasteiger partial charge in [0.15, 0.2) is 0 Å². The molecule has 0 spiro atoms. The predicted octanol–water partition coefficient (Wildman–Crippen LogP) is 4.29. The van der Waals surface area contributed by atoms with Crippen LogP contribution in [0.2, 0.25) is 0 Å². The summed E-state index contributed by atoms with van der Waals surface area (Å²) in [6.07, 6.45) is 7.59. The number of rotatable bonds is 5. The molecule has 0 radical (unpaired) electrons. The van der Waals surface area contributed by atoms with E-state index in [1.807, 2.05) is 0 Å². The minimum absolute atomic E-state index is 0.196. The molecule has 1 saturated carbocycles. The molecule has 0 bridgehead atoms. The number of halogens is 2. The van der Waals surface area contributed by atoms with Gasteiger partial charge in [0.2, 0.25) is 0 Å². The Balaban J connectivity index is 1.72. The summed E-state index contributed by atoms with van der Waals surface area (Å²) >= 11 is 3.07. The number of carbonyl (C=O) groups is 1. The fourth-order valence-electron chi connectivity index (χ4n) is 2.63. The molecule has 0 aliphatic heterocycles. The first-order valence-corrected chi connectivity index (χ1v) is 7.69. The Morgan fingerprint density at radius 3 is 2.79 bits per heavy atom. The van der Waals surface area contributed by atoms with Crippen molar-refractivity contribution in [1.29, 1.82) is 0 Å². The molecule has 19 heavy (non-hydrogen) atoms. The van der Waals surface area contributed by atoms with Gasteiger partial charge < -0.3 is 5.32 Å². The molecule has 0 saturated heterocycles. The van der Waals surface area contributed by atoms with Gasteiger partial charge in [-0.3, -0.25) is 4.79 Å². The van der Waals surface area contributed by atoms with E-state index in [1.165, 1.54) is 38.2 Å². The molecular formula is C15H19BrFNO. The SMILES string of the molecule is O=C(NCCCC1CCCC1)c1ccc(Br)c(F)c1. The molecule has 1 aliphatic rings. The molecular weight excluding hydrogens is 309 g/mol. The average Bonchev–Trinajstić information content (AvgIpc) is 2.91. The molecule has 1 aromatic rings. The number of nitrogens with one attached hydrogen (secondary N) is 1. The minimum Gasteiger partial charge on any atom is -0.352 e. The van der Waals surface area contributed by atoms with Gasteiger partial charge in [0, 0.05) is 12.1 Å². The average molecular weight is 328 g/mol. The van der Waals surface area contributed by atoms with Gasteiger partial charge in [0.25, 0.3) is 5.91 Å². The highest BCUT2D eigenvalue weighted by atomic mass is 79.9. The zero-order valence-corrected chi connectivity index (χ0v) is 12.5. The van der Waals surface area contributed by atoms with Gasteiger partial charge in [0.05, 0.1) is 4.47 Å². The Bertz CT molecular complexity index is 444. The van der Waals surface area contributed by atoms with E-state index in [0.717, 1.165) is 12.3 Å². The fraction of sp³-hybridized carbons (Fsp3) is 0.533.